The summed E-state index contributed by atoms with van der Waals surface area (Å²) in [5.74, 6) is -0.0225. The van der Waals surface area contributed by atoms with Crippen molar-refractivity contribution in [3.8, 4) is 5.75 Å². The van der Waals surface area contributed by atoms with Crippen LogP contribution in [0.3, 0.4) is 0 Å². The average molecular weight is 265 g/mol. The molecule has 2 aromatic carbocycles. The highest BCUT2D eigenvalue weighted by atomic mass is 19.4. The topological polar surface area (TPSA) is 32.6 Å². The lowest BCUT2D eigenvalue weighted by molar-refractivity contribution is -0.137. The van der Waals surface area contributed by atoms with Gasteiger partial charge in [-0.1, -0.05) is 24.3 Å². The number of aliphatic imine (C=N–C) groups is 1. The second-order valence-electron chi connectivity index (χ2n) is 3.87. The van der Waals surface area contributed by atoms with Crippen molar-refractivity contribution in [3.05, 3.63) is 59.7 Å². The van der Waals surface area contributed by atoms with Crippen LogP contribution in [0.1, 0.15) is 11.1 Å². The van der Waals surface area contributed by atoms with Crippen molar-refractivity contribution in [1.29, 1.82) is 0 Å². The molecule has 0 aliphatic carbocycles. The molecule has 1 N–H and O–H groups in total. The second kappa shape index (κ2) is 5.14. The molecule has 5 heteroatoms. The van der Waals surface area contributed by atoms with E-state index >= 15 is 0 Å². The summed E-state index contributed by atoms with van der Waals surface area (Å²) in [7, 11) is 0. The van der Waals surface area contributed by atoms with Crippen LogP contribution < -0.4 is 0 Å². The van der Waals surface area contributed by atoms with Crippen LogP contribution in [0.5, 0.6) is 5.75 Å². The SMILES string of the molecule is Oc1ccccc1N=Cc1cccc(C(F)(F)F)c1. The molecular weight excluding hydrogens is 255 g/mol. The van der Waals surface area contributed by atoms with E-state index in [1.165, 1.54) is 24.4 Å². The van der Waals surface area contributed by atoms with E-state index in [2.05, 4.69) is 4.99 Å². The van der Waals surface area contributed by atoms with E-state index < -0.39 is 11.7 Å². The van der Waals surface area contributed by atoms with Gasteiger partial charge >= 0.3 is 6.18 Å². The number of phenolic OH excluding ortho intramolecular Hbond substituents is 1. The molecule has 19 heavy (non-hydrogen) atoms. The van der Waals surface area contributed by atoms with Crippen LogP contribution in [-0.2, 0) is 6.18 Å². The number of alkyl halides is 3. The van der Waals surface area contributed by atoms with Crippen LogP contribution in [0.4, 0.5) is 18.9 Å². The highest BCUT2D eigenvalue weighted by Gasteiger charge is 2.30. The molecule has 0 bridgehead atoms. The molecule has 0 aliphatic heterocycles. The smallest absolute Gasteiger partial charge is 0.416 e. The molecule has 0 fully saturated rings. The monoisotopic (exact) mass is 265 g/mol. The Bertz CT molecular complexity index is 606. The molecule has 0 unspecified atom stereocenters. The van der Waals surface area contributed by atoms with Crippen LogP contribution >= 0.6 is 0 Å². The molecule has 0 spiro atoms. The summed E-state index contributed by atoms with van der Waals surface area (Å²) in [6.07, 6.45) is -3.09. The number of hydrogen-bond donors (Lipinski definition) is 1. The molecule has 2 rings (SSSR count). The molecule has 0 heterocycles. The summed E-state index contributed by atoms with van der Waals surface area (Å²) >= 11 is 0. The fraction of sp³-hybridized carbons (Fsp3) is 0.0714. The minimum atomic E-state index is -4.38. The van der Waals surface area contributed by atoms with Crippen LogP contribution in [-0.4, -0.2) is 11.3 Å². The number of aromatic hydroxyl groups is 1. The minimum absolute atomic E-state index is 0.0225. The van der Waals surface area contributed by atoms with E-state index in [0.29, 0.717) is 11.3 Å². The Morgan fingerprint density at radius 2 is 1.74 bits per heavy atom. The van der Waals surface area contributed by atoms with Gasteiger partial charge in [0, 0.05) is 6.21 Å². The van der Waals surface area contributed by atoms with Crippen LogP contribution in [0, 0.1) is 0 Å². The maximum Gasteiger partial charge on any atom is 0.416 e. The first-order chi connectivity index (χ1) is 8.97. The lowest BCUT2D eigenvalue weighted by atomic mass is 10.1. The molecule has 0 radical (unpaired) electrons. The number of halogens is 3. The zero-order valence-electron chi connectivity index (χ0n) is 9.72. The maximum atomic E-state index is 12.5. The fourth-order valence-corrected chi connectivity index (χ4v) is 1.51. The van der Waals surface area contributed by atoms with Gasteiger partial charge in [-0.2, -0.15) is 13.2 Å². The van der Waals surface area contributed by atoms with E-state index in [-0.39, 0.29) is 5.75 Å². The molecule has 0 atom stereocenters. The number of hydrogen-bond acceptors (Lipinski definition) is 2. The van der Waals surface area contributed by atoms with Gasteiger partial charge in [0.05, 0.1) is 5.56 Å². The van der Waals surface area contributed by atoms with Gasteiger partial charge in [-0.25, -0.2) is 0 Å². The van der Waals surface area contributed by atoms with Gasteiger partial charge in [-0.15, -0.1) is 0 Å². The van der Waals surface area contributed by atoms with Gasteiger partial charge in [0.1, 0.15) is 11.4 Å². The number of rotatable bonds is 2. The summed E-state index contributed by atoms with van der Waals surface area (Å²) in [6.45, 7) is 0. The third kappa shape index (κ3) is 3.34. The van der Waals surface area contributed by atoms with Crippen molar-refractivity contribution in [2.75, 3.05) is 0 Å². The predicted molar refractivity (Wildman–Crippen MR) is 66.8 cm³/mol. The molecule has 2 nitrogen and oxygen atoms in total. The van der Waals surface area contributed by atoms with Crippen molar-refractivity contribution in [2.45, 2.75) is 6.18 Å². The molecule has 98 valence electrons. The largest absolute Gasteiger partial charge is 0.506 e. The van der Waals surface area contributed by atoms with Crippen LogP contribution in [0.2, 0.25) is 0 Å². The maximum absolute atomic E-state index is 12.5. The zero-order valence-corrected chi connectivity index (χ0v) is 9.72. The molecule has 2 aromatic rings. The number of para-hydroxylation sites is 2. The highest BCUT2D eigenvalue weighted by Crippen LogP contribution is 2.29. The Morgan fingerprint density at radius 1 is 1.00 bits per heavy atom. The van der Waals surface area contributed by atoms with Crippen molar-refractivity contribution >= 4 is 11.9 Å². The third-order valence-corrected chi connectivity index (χ3v) is 2.45. The van der Waals surface area contributed by atoms with E-state index in [4.69, 9.17) is 0 Å². The average Bonchev–Trinajstić information content (AvgIpc) is 2.37. The number of nitrogens with zero attached hydrogens (tertiary/aromatic N) is 1. The molecule has 0 amide bonds. The Kier molecular flexibility index (Phi) is 3.55. The van der Waals surface area contributed by atoms with Crippen LogP contribution in [0.25, 0.3) is 0 Å². The summed E-state index contributed by atoms with van der Waals surface area (Å²) < 4.78 is 37.5. The van der Waals surface area contributed by atoms with Gasteiger partial charge in [-0.05, 0) is 29.8 Å². The Labute approximate surface area is 107 Å². The van der Waals surface area contributed by atoms with Gasteiger partial charge < -0.3 is 5.11 Å². The Balaban J connectivity index is 2.27. The van der Waals surface area contributed by atoms with Crippen LogP contribution in [0.15, 0.2) is 53.5 Å². The first-order valence-corrected chi connectivity index (χ1v) is 5.46. The van der Waals surface area contributed by atoms with Crippen molar-refractivity contribution in [1.82, 2.24) is 0 Å². The summed E-state index contributed by atoms with van der Waals surface area (Å²) in [5, 5.41) is 9.48. The first-order valence-electron chi connectivity index (χ1n) is 5.46. The van der Waals surface area contributed by atoms with E-state index in [0.717, 1.165) is 12.1 Å². The summed E-state index contributed by atoms with van der Waals surface area (Å²) in [4.78, 5) is 3.96. The van der Waals surface area contributed by atoms with E-state index in [1.54, 1.807) is 18.2 Å². The van der Waals surface area contributed by atoms with Gasteiger partial charge in [-0.3, -0.25) is 4.99 Å². The molecule has 0 aliphatic rings. The normalized spacial score (nSPS) is 11.9. The quantitative estimate of drug-likeness (QED) is 0.812. The third-order valence-electron chi connectivity index (χ3n) is 2.45. The molecule has 0 saturated carbocycles. The summed E-state index contributed by atoms with van der Waals surface area (Å²) in [6, 6.07) is 11.2. The van der Waals surface area contributed by atoms with Gasteiger partial charge in [0.2, 0.25) is 0 Å². The summed E-state index contributed by atoms with van der Waals surface area (Å²) in [5.41, 5.74) is -0.105. The van der Waals surface area contributed by atoms with E-state index in [1.807, 2.05) is 0 Å². The first kappa shape index (κ1) is 13.1. The lowest BCUT2D eigenvalue weighted by Crippen LogP contribution is -2.04. The molecule has 0 aromatic heterocycles. The number of benzene rings is 2. The Hall–Kier alpha value is -2.30. The number of phenols is 1. The fourth-order valence-electron chi connectivity index (χ4n) is 1.51. The zero-order chi connectivity index (χ0) is 13.9. The van der Waals surface area contributed by atoms with Gasteiger partial charge in [0.15, 0.2) is 0 Å². The van der Waals surface area contributed by atoms with Crippen molar-refractivity contribution in [2.24, 2.45) is 4.99 Å². The van der Waals surface area contributed by atoms with Crippen molar-refractivity contribution in [3.63, 3.8) is 0 Å². The molecular formula is C14H10F3NO. The Morgan fingerprint density at radius 3 is 2.42 bits per heavy atom. The van der Waals surface area contributed by atoms with Gasteiger partial charge in [0.25, 0.3) is 0 Å². The molecule has 0 saturated heterocycles. The lowest BCUT2D eigenvalue weighted by Gasteiger charge is -2.06. The highest BCUT2D eigenvalue weighted by molar-refractivity contribution is 5.82. The minimum Gasteiger partial charge on any atom is -0.506 e. The van der Waals surface area contributed by atoms with E-state index in [9.17, 15) is 18.3 Å². The van der Waals surface area contributed by atoms with Crippen molar-refractivity contribution < 1.29 is 18.3 Å². The predicted octanol–water partition coefficient (Wildman–Crippen LogP) is 4.16. The standard InChI is InChI=1S/C14H10F3NO/c15-14(16,17)11-5-3-4-10(8-11)9-18-12-6-1-2-7-13(12)19/h1-9,19H. The second-order valence-corrected chi connectivity index (χ2v) is 3.87.